The standard InChI is InChI=1S/C12H16F2N4O/c13-8-1-2-9(15)12(11(8)14)18-5-3-17(4-6-18)7-10(16)19/h1-2H,3-7,15H2,(H2,16,19). The molecule has 4 N–H and O–H groups in total. The largest absolute Gasteiger partial charge is 0.397 e. The minimum Gasteiger partial charge on any atom is -0.397 e. The zero-order valence-electron chi connectivity index (χ0n) is 10.4. The Hall–Kier alpha value is -1.89. The third-order valence-corrected chi connectivity index (χ3v) is 3.17. The van der Waals surface area contributed by atoms with Crippen LogP contribution in [0.2, 0.25) is 0 Å². The Morgan fingerprint density at radius 3 is 2.42 bits per heavy atom. The fraction of sp³-hybridized carbons (Fsp3) is 0.417. The second-order valence-corrected chi connectivity index (χ2v) is 4.53. The highest BCUT2D eigenvalue weighted by Gasteiger charge is 2.23. The van der Waals surface area contributed by atoms with Gasteiger partial charge in [-0.3, -0.25) is 9.69 Å². The fourth-order valence-electron chi connectivity index (χ4n) is 2.23. The number of piperazine rings is 1. The van der Waals surface area contributed by atoms with Crippen molar-refractivity contribution in [3.63, 3.8) is 0 Å². The van der Waals surface area contributed by atoms with Crippen LogP contribution in [0.25, 0.3) is 0 Å². The SMILES string of the molecule is NC(=O)CN1CCN(c2c(N)ccc(F)c2F)CC1. The first kappa shape index (κ1) is 13.5. The van der Waals surface area contributed by atoms with Crippen LogP contribution in [0.3, 0.4) is 0 Å². The molecule has 0 bridgehead atoms. The molecule has 1 heterocycles. The normalized spacial score (nSPS) is 16.6. The van der Waals surface area contributed by atoms with Crippen molar-refractivity contribution in [2.24, 2.45) is 5.73 Å². The highest BCUT2D eigenvalue weighted by molar-refractivity contribution is 5.76. The predicted molar refractivity (Wildman–Crippen MR) is 68.6 cm³/mol. The molecule has 1 fully saturated rings. The van der Waals surface area contributed by atoms with Gasteiger partial charge in [-0.25, -0.2) is 8.78 Å². The van der Waals surface area contributed by atoms with E-state index in [0.29, 0.717) is 26.2 Å². The molecule has 2 rings (SSSR count). The maximum Gasteiger partial charge on any atom is 0.231 e. The van der Waals surface area contributed by atoms with Crippen LogP contribution in [0.15, 0.2) is 12.1 Å². The van der Waals surface area contributed by atoms with Crippen molar-refractivity contribution in [3.05, 3.63) is 23.8 Å². The molecule has 0 aliphatic carbocycles. The van der Waals surface area contributed by atoms with Gasteiger partial charge in [-0.1, -0.05) is 0 Å². The second-order valence-electron chi connectivity index (χ2n) is 4.53. The Morgan fingerprint density at radius 2 is 1.84 bits per heavy atom. The van der Waals surface area contributed by atoms with E-state index in [1.807, 2.05) is 4.90 Å². The number of hydrogen-bond donors (Lipinski definition) is 2. The van der Waals surface area contributed by atoms with Gasteiger partial charge in [0.1, 0.15) is 0 Å². The summed E-state index contributed by atoms with van der Waals surface area (Å²) in [5.41, 5.74) is 11.1. The predicted octanol–water partition coefficient (Wildman–Crippen LogP) is 0.154. The van der Waals surface area contributed by atoms with Crippen molar-refractivity contribution in [2.75, 3.05) is 43.4 Å². The highest BCUT2D eigenvalue weighted by atomic mass is 19.2. The number of amides is 1. The minimum absolute atomic E-state index is 0.0960. The summed E-state index contributed by atoms with van der Waals surface area (Å²) in [4.78, 5) is 14.4. The van der Waals surface area contributed by atoms with Crippen LogP contribution in [0.5, 0.6) is 0 Å². The molecule has 5 nitrogen and oxygen atoms in total. The van der Waals surface area contributed by atoms with Gasteiger partial charge in [0, 0.05) is 26.2 Å². The first-order chi connectivity index (χ1) is 8.99. The van der Waals surface area contributed by atoms with Gasteiger partial charge in [0.05, 0.1) is 17.9 Å². The van der Waals surface area contributed by atoms with Gasteiger partial charge in [0.2, 0.25) is 5.91 Å². The number of nitrogen functional groups attached to an aromatic ring is 1. The van der Waals surface area contributed by atoms with E-state index >= 15 is 0 Å². The van der Waals surface area contributed by atoms with Crippen LogP contribution in [0, 0.1) is 11.6 Å². The molecule has 0 saturated carbocycles. The van der Waals surface area contributed by atoms with Crippen LogP contribution in [-0.4, -0.2) is 43.5 Å². The summed E-state index contributed by atoms with van der Waals surface area (Å²) < 4.78 is 27.0. The number of halogens is 2. The second kappa shape index (κ2) is 5.40. The van der Waals surface area contributed by atoms with Gasteiger partial charge in [-0.15, -0.1) is 0 Å². The number of anilines is 2. The number of carbonyl (C=O) groups excluding carboxylic acids is 1. The first-order valence-electron chi connectivity index (χ1n) is 5.98. The molecule has 0 unspecified atom stereocenters. The van der Waals surface area contributed by atoms with E-state index in [0.717, 1.165) is 6.07 Å². The van der Waals surface area contributed by atoms with Crippen molar-refractivity contribution in [3.8, 4) is 0 Å². The summed E-state index contributed by atoms with van der Waals surface area (Å²) >= 11 is 0. The number of nitrogens with zero attached hydrogens (tertiary/aromatic N) is 2. The van der Waals surface area contributed by atoms with Gasteiger partial charge in [-0.05, 0) is 12.1 Å². The maximum atomic E-state index is 13.8. The Morgan fingerprint density at radius 1 is 1.21 bits per heavy atom. The van der Waals surface area contributed by atoms with E-state index in [1.165, 1.54) is 6.07 Å². The number of primary amides is 1. The summed E-state index contributed by atoms with van der Waals surface area (Å²) in [5.74, 6) is -2.24. The number of hydrogen-bond acceptors (Lipinski definition) is 4. The summed E-state index contributed by atoms with van der Waals surface area (Å²) in [7, 11) is 0. The minimum atomic E-state index is -0.927. The summed E-state index contributed by atoms with van der Waals surface area (Å²) in [5, 5.41) is 0. The Labute approximate surface area is 109 Å². The topological polar surface area (TPSA) is 75.6 Å². The lowest BCUT2D eigenvalue weighted by molar-refractivity contribution is -0.119. The zero-order chi connectivity index (χ0) is 14.0. The molecule has 1 aromatic carbocycles. The van der Waals surface area contributed by atoms with Crippen LogP contribution in [0.4, 0.5) is 20.2 Å². The Kier molecular flexibility index (Phi) is 3.84. The average molecular weight is 270 g/mol. The molecule has 1 aromatic rings. The van der Waals surface area contributed by atoms with Crippen LogP contribution >= 0.6 is 0 Å². The monoisotopic (exact) mass is 270 g/mol. The van der Waals surface area contributed by atoms with Crippen LogP contribution in [0.1, 0.15) is 0 Å². The molecule has 1 aliphatic rings. The molecule has 1 saturated heterocycles. The molecule has 0 spiro atoms. The van der Waals surface area contributed by atoms with E-state index < -0.39 is 17.5 Å². The van der Waals surface area contributed by atoms with Gasteiger partial charge < -0.3 is 16.4 Å². The molecule has 1 aliphatic heterocycles. The molecule has 19 heavy (non-hydrogen) atoms. The number of nitrogens with two attached hydrogens (primary N) is 2. The number of rotatable bonds is 3. The van der Waals surface area contributed by atoms with E-state index in [-0.39, 0.29) is 17.9 Å². The molecule has 7 heteroatoms. The van der Waals surface area contributed by atoms with Crippen LogP contribution in [-0.2, 0) is 4.79 Å². The third-order valence-electron chi connectivity index (χ3n) is 3.17. The zero-order valence-corrected chi connectivity index (χ0v) is 10.4. The van der Waals surface area contributed by atoms with Crippen molar-refractivity contribution >= 4 is 17.3 Å². The maximum absolute atomic E-state index is 13.8. The molecule has 0 radical (unpaired) electrons. The molecule has 1 amide bonds. The molecule has 0 atom stereocenters. The van der Waals surface area contributed by atoms with Crippen LogP contribution < -0.4 is 16.4 Å². The van der Waals surface area contributed by atoms with Gasteiger partial charge in [0.25, 0.3) is 0 Å². The molecular formula is C12H16F2N4O. The van der Waals surface area contributed by atoms with E-state index in [2.05, 4.69) is 0 Å². The lowest BCUT2D eigenvalue weighted by Gasteiger charge is -2.36. The number of carbonyl (C=O) groups is 1. The third kappa shape index (κ3) is 2.93. The van der Waals surface area contributed by atoms with Gasteiger partial charge in [0.15, 0.2) is 11.6 Å². The summed E-state index contributed by atoms with van der Waals surface area (Å²) in [6, 6.07) is 2.36. The average Bonchev–Trinajstić information content (AvgIpc) is 2.36. The lowest BCUT2D eigenvalue weighted by Crippen LogP contribution is -2.49. The Bertz CT molecular complexity index is 487. The molecular weight excluding hydrogens is 254 g/mol. The van der Waals surface area contributed by atoms with Crippen molar-refractivity contribution < 1.29 is 13.6 Å². The number of benzene rings is 1. The fourth-order valence-corrected chi connectivity index (χ4v) is 2.23. The van der Waals surface area contributed by atoms with Crippen molar-refractivity contribution in [1.29, 1.82) is 0 Å². The first-order valence-corrected chi connectivity index (χ1v) is 5.98. The molecule has 104 valence electrons. The lowest BCUT2D eigenvalue weighted by atomic mass is 10.2. The van der Waals surface area contributed by atoms with Crippen molar-refractivity contribution in [1.82, 2.24) is 4.90 Å². The molecule has 0 aromatic heterocycles. The summed E-state index contributed by atoms with van der Waals surface area (Å²) in [6.45, 7) is 2.22. The van der Waals surface area contributed by atoms with E-state index in [9.17, 15) is 13.6 Å². The smallest absolute Gasteiger partial charge is 0.231 e. The summed E-state index contributed by atoms with van der Waals surface area (Å²) in [6.07, 6.45) is 0. The van der Waals surface area contributed by atoms with E-state index in [1.54, 1.807) is 4.90 Å². The Balaban J connectivity index is 2.10. The quantitative estimate of drug-likeness (QED) is 0.767. The van der Waals surface area contributed by atoms with Gasteiger partial charge >= 0.3 is 0 Å². The highest BCUT2D eigenvalue weighted by Crippen LogP contribution is 2.29. The van der Waals surface area contributed by atoms with Gasteiger partial charge in [-0.2, -0.15) is 0 Å². The van der Waals surface area contributed by atoms with Crippen molar-refractivity contribution in [2.45, 2.75) is 0 Å². The van der Waals surface area contributed by atoms with E-state index in [4.69, 9.17) is 11.5 Å².